The van der Waals surface area contributed by atoms with E-state index in [2.05, 4.69) is 15.6 Å². The molecule has 3 N–H and O–H groups in total. The van der Waals surface area contributed by atoms with Gasteiger partial charge >= 0.3 is 5.97 Å². The van der Waals surface area contributed by atoms with E-state index < -0.39 is 0 Å². The van der Waals surface area contributed by atoms with Gasteiger partial charge in [-0.05, 0) is 31.0 Å². The number of rotatable bonds is 8. The minimum Gasteiger partial charge on any atom is -0.464 e. The number of amides is 1. The van der Waals surface area contributed by atoms with Crippen molar-refractivity contribution in [2.75, 3.05) is 13.7 Å². The fraction of sp³-hybridized carbons (Fsp3) is 0.474. The number of aromatic amines is 1. The molecule has 0 bridgehead atoms. The number of ether oxygens (including phenoxy) is 1. The number of aromatic nitrogens is 1. The van der Waals surface area contributed by atoms with Crippen molar-refractivity contribution < 1.29 is 14.3 Å². The van der Waals surface area contributed by atoms with Crippen molar-refractivity contribution in [3.63, 3.8) is 0 Å². The molecule has 0 fully saturated rings. The molecule has 1 aromatic carbocycles. The number of para-hydroxylation sites is 1. The maximum absolute atomic E-state index is 12.5. The summed E-state index contributed by atoms with van der Waals surface area (Å²) >= 11 is 0. The molecule has 2 aromatic rings. The number of benzene rings is 1. The molecule has 1 heterocycles. The zero-order valence-corrected chi connectivity index (χ0v) is 15.3. The highest BCUT2D eigenvalue weighted by Gasteiger charge is 2.24. The quantitative estimate of drug-likeness (QED) is 0.639. The summed E-state index contributed by atoms with van der Waals surface area (Å²) in [5.41, 5.74) is 2.13. The van der Waals surface area contributed by atoms with E-state index in [1.165, 1.54) is 6.92 Å². The van der Waals surface area contributed by atoms with Crippen molar-refractivity contribution in [2.45, 2.75) is 39.3 Å². The third kappa shape index (κ3) is 5.06. The number of fused-ring (bicyclic) bond motifs is 1. The second-order valence-corrected chi connectivity index (χ2v) is 6.58. The van der Waals surface area contributed by atoms with Crippen LogP contribution in [0, 0.1) is 5.92 Å². The van der Waals surface area contributed by atoms with Gasteiger partial charge in [-0.25, -0.2) is 0 Å². The van der Waals surface area contributed by atoms with Gasteiger partial charge < -0.3 is 20.4 Å². The number of H-pyrrole nitrogens is 1. The first-order chi connectivity index (χ1) is 11.9. The lowest BCUT2D eigenvalue weighted by atomic mass is 10.0. The second kappa shape index (κ2) is 8.67. The molecule has 1 aromatic heterocycles. The lowest BCUT2D eigenvalue weighted by Gasteiger charge is -2.24. The molecule has 0 spiro atoms. The van der Waals surface area contributed by atoms with Gasteiger partial charge in [-0.15, -0.1) is 0 Å². The van der Waals surface area contributed by atoms with Crippen LogP contribution in [0.1, 0.15) is 26.3 Å². The van der Waals surface area contributed by atoms with Gasteiger partial charge in [-0.2, -0.15) is 0 Å². The van der Waals surface area contributed by atoms with E-state index >= 15 is 0 Å². The van der Waals surface area contributed by atoms with Crippen LogP contribution in [0.4, 0.5) is 0 Å². The van der Waals surface area contributed by atoms with Crippen LogP contribution in [0.5, 0.6) is 0 Å². The molecule has 0 aliphatic heterocycles. The highest BCUT2D eigenvalue weighted by molar-refractivity contribution is 5.84. The fourth-order valence-electron chi connectivity index (χ4n) is 2.99. The van der Waals surface area contributed by atoms with Crippen LogP contribution in [0.2, 0.25) is 0 Å². The summed E-state index contributed by atoms with van der Waals surface area (Å²) in [6.07, 6.45) is 2.52. The summed E-state index contributed by atoms with van der Waals surface area (Å²) in [6, 6.07) is 7.42. The van der Waals surface area contributed by atoms with Crippen molar-refractivity contribution in [3.8, 4) is 0 Å². The highest BCUT2D eigenvalue weighted by Crippen LogP contribution is 2.19. The predicted molar refractivity (Wildman–Crippen MR) is 98.3 cm³/mol. The lowest BCUT2D eigenvalue weighted by Crippen LogP contribution is -2.51. The Morgan fingerprint density at radius 1 is 1.24 bits per heavy atom. The van der Waals surface area contributed by atoms with E-state index in [1.807, 2.05) is 44.3 Å². The molecule has 2 rings (SSSR count). The molecule has 0 saturated heterocycles. The summed E-state index contributed by atoms with van der Waals surface area (Å²) < 4.78 is 5.16. The number of carbonyl (C=O) groups is 2. The first-order valence-electron chi connectivity index (χ1n) is 8.58. The van der Waals surface area contributed by atoms with Crippen LogP contribution in [0.15, 0.2) is 30.5 Å². The Morgan fingerprint density at radius 3 is 2.60 bits per heavy atom. The van der Waals surface area contributed by atoms with Gasteiger partial charge in [0.15, 0.2) is 0 Å². The minimum absolute atomic E-state index is 0.0884. The molecular weight excluding hydrogens is 318 g/mol. The van der Waals surface area contributed by atoms with Crippen LogP contribution >= 0.6 is 0 Å². The number of nitrogens with one attached hydrogen (secondary N) is 3. The van der Waals surface area contributed by atoms with Gasteiger partial charge in [0, 0.05) is 24.0 Å². The highest BCUT2D eigenvalue weighted by atomic mass is 16.5. The summed E-state index contributed by atoms with van der Waals surface area (Å²) in [4.78, 5) is 27.0. The predicted octanol–water partition coefficient (Wildman–Crippen LogP) is 2.00. The van der Waals surface area contributed by atoms with Gasteiger partial charge in [-0.1, -0.05) is 32.0 Å². The fourth-order valence-corrected chi connectivity index (χ4v) is 2.99. The molecule has 0 unspecified atom stereocenters. The van der Waals surface area contributed by atoms with E-state index in [4.69, 9.17) is 4.74 Å². The first-order valence-corrected chi connectivity index (χ1v) is 8.58. The van der Waals surface area contributed by atoms with E-state index in [0.29, 0.717) is 6.42 Å². The molecule has 0 aliphatic carbocycles. The van der Waals surface area contributed by atoms with Crippen molar-refractivity contribution in [1.82, 2.24) is 15.6 Å². The van der Waals surface area contributed by atoms with E-state index in [-0.39, 0.29) is 36.5 Å². The third-order valence-corrected chi connectivity index (χ3v) is 4.24. The van der Waals surface area contributed by atoms with Gasteiger partial charge in [0.25, 0.3) is 0 Å². The van der Waals surface area contributed by atoms with Gasteiger partial charge in [-0.3, -0.25) is 9.59 Å². The third-order valence-electron chi connectivity index (χ3n) is 4.24. The molecule has 2 atom stereocenters. The number of esters is 1. The smallest absolute Gasteiger partial charge is 0.302 e. The van der Waals surface area contributed by atoms with E-state index in [1.54, 1.807) is 7.05 Å². The zero-order chi connectivity index (χ0) is 18.4. The summed E-state index contributed by atoms with van der Waals surface area (Å²) in [5, 5.41) is 7.16. The monoisotopic (exact) mass is 345 g/mol. The van der Waals surface area contributed by atoms with Crippen molar-refractivity contribution >= 4 is 22.8 Å². The maximum atomic E-state index is 12.5. The number of hydrogen-bond acceptors (Lipinski definition) is 4. The molecule has 6 nitrogen and oxygen atoms in total. The minimum atomic E-state index is -0.354. The number of carbonyl (C=O) groups excluding carboxylic acids is 2. The molecule has 0 radical (unpaired) electrons. The Morgan fingerprint density at radius 2 is 1.96 bits per heavy atom. The molecule has 136 valence electrons. The number of hydrogen-bond donors (Lipinski definition) is 3. The second-order valence-electron chi connectivity index (χ2n) is 6.58. The van der Waals surface area contributed by atoms with E-state index in [0.717, 1.165) is 16.5 Å². The zero-order valence-electron chi connectivity index (χ0n) is 15.3. The van der Waals surface area contributed by atoms with Gasteiger partial charge in [0.2, 0.25) is 5.91 Å². The van der Waals surface area contributed by atoms with Gasteiger partial charge in [0.1, 0.15) is 6.61 Å². The molecule has 1 amide bonds. The Hall–Kier alpha value is -2.34. The topological polar surface area (TPSA) is 83.2 Å². The Bertz CT molecular complexity index is 724. The average Bonchev–Trinajstić information content (AvgIpc) is 2.96. The summed E-state index contributed by atoms with van der Waals surface area (Å²) in [7, 11) is 1.77. The Labute approximate surface area is 148 Å². The number of likely N-dealkylation sites (N-methyl/N-ethyl adjacent to an activating group) is 1. The summed E-state index contributed by atoms with van der Waals surface area (Å²) in [6.45, 7) is 5.49. The molecule has 25 heavy (non-hydrogen) atoms. The molecule has 0 aliphatic rings. The van der Waals surface area contributed by atoms with E-state index in [9.17, 15) is 9.59 Å². The van der Waals surface area contributed by atoms with Crippen LogP contribution in [-0.4, -0.2) is 42.6 Å². The van der Waals surface area contributed by atoms with Crippen LogP contribution < -0.4 is 10.6 Å². The largest absolute Gasteiger partial charge is 0.464 e. The molecular formula is C19H27N3O3. The van der Waals surface area contributed by atoms with Crippen molar-refractivity contribution in [2.24, 2.45) is 5.92 Å². The van der Waals surface area contributed by atoms with Crippen molar-refractivity contribution in [3.05, 3.63) is 36.0 Å². The van der Waals surface area contributed by atoms with Crippen molar-refractivity contribution in [1.29, 1.82) is 0 Å². The Kier molecular flexibility index (Phi) is 6.58. The van der Waals surface area contributed by atoms with Crippen LogP contribution in [-0.2, 0) is 20.7 Å². The van der Waals surface area contributed by atoms with Gasteiger partial charge in [0.05, 0.1) is 12.1 Å². The standard InChI is InChI=1S/C19H27N3O3/c1-12(2)18(20-4)19(24)22-15(11-25-13(3)23)9-14-10-21-17-8-6-5-7-16(14)17/h5-8,10,12,15,18,20-21H,9,11H2,1-4H3,(H,22,24)/t15-,18-/m0/s1. The van der Waals surface area contributed by atoms with Crippen LogP contribution in [0.25, 0.3) is 10.9 Å². The maximum Gasteiger partial charge on any atom is 0.302 e. The molecule has 0 saturated carbocycles. The van der Waals surface area contributed by atoms with Crippen LogP contribution in [0.3, 0.4) is 0 Å². The average molecular weight is 345 g/mol. The summed E-state index contributed by atoms with van der Waals surface area (Å²) in [5.74, 6) is -0.283. The SMILES string of the molecule is CN[C@H](C(=O)N[C@H](COC(C)=O)Cc1c[nH]c2ccccc12)C(C)C. The molecule has 6 heteroatoms. The normalized spacial score (nSPS) is 13.6. The first kappa shape index (κ1) is 19.0. The Balaban J connectivity index is 2.15. The lowest BCUT2D eigenvalue weighted by molar-refractivity contribution is -0.142.